The van der Waals surface area contributed by atoms with E-state index >= 15 is 0 Å². The molecular weight excluding hydrogens is 290 g/mol. The highest BCUT2D eigenvalue weighted by atomic mass is 19.2. The number of carbonyl (C=O) groups excluding carboxylic acids is 1. The number of hydrogen-bond acceptors (Lipinski definition) is 2. The second kappa shape index (κ2) is 5.34. The summed E-state index contributed by atoms with van der Waals surface area (Å²) in [7, 11) is 0. The average molecular weight is 310 g/mol. The van der Waals surface area contributed by atoms with Crippen molar-refractivity contribution in [3.63, 3.8) is 0 Å². The first-order chi connectivity index (χ1) is 10.0. The van der Waals surface area contributed by atoms with Gasteiger partial charge in [0, 0.05) is 23.6 Å². The molecule has 0 N–H and O–H groups in total. The molecular formula is C16H20F2N2O2. The normalized spacial score (nSPS) is 12.4. The fourth-order valence-corrected chi connectivity index (χ4v) is 2.30. The Hall–Kier alpha value is -1.98. The number of rotatable bonds is 3. The number of benzene rings is 1. The first-order valence-corrected chi connectivity index (χ1v) is 7.17. The molecule has 0 bridgehead atoms. The molecule has 4 nitrogen and oxygen atoms in total. The number of fused-ring (bicyclic) bond motifs is 1. The lowest BCUT2D eigenvalue weighted by Crippen LogP contribution is -2.32. The molecule has 0 unspecified atom stereocenters. The van der Waals surface area contributed by atoms with Crippen molar-refractivity contribution >= 4 is 16.8 Å². The molecule has 0 aliphatic carbocycles. The van der Waals surface area contributed by atoms with E-state index < -0.39 is 22.7 Å². The van der Waals surface area contributed by atoms with Gasteiger partial charge in [-0.3, -0.25) is 13.9 Å². The molecule has 22 heavy (non-hydrogen) atoms. The van der Waals surface area contributed by atoms with Crippen molar-refractivity contribution in [2.45, 2.75) is 47.2 Å². The van der Waals surface area contributed by atoms with Gasteiger partial charge < -0.3 is 0 Å². The van der Waals surface area contributed by atoms with E-state index in [4.69, 9.17) is 0 Å². The topological polar surface area (TPSA) is 44.0 Å². The van der Waals surface area contributed by atoms with Crippen LogP contribution in [0.2, 0.25) is 0 Å². The standard InChI is InChI=1S/C16H20F2N2O2/c1-9(2)20-13-7-11(18)10(17)6-12(13)19(15(20)22)8-14(21)16(3,4)5/h6-7,9H,8H2,1-5H3. The van der Waals surface area contributed by atoms with Crippen molar-refractivity contribution in [2.75, 3.05) is 0 Å². The van der Waals surface area contributed by atoms with Crippen molar-refractivity contribution < 1.29 is 13.6 Å². The highest BCUT2D eigenvalue weighted by Gasteiger charge is 2.25. The summed E-state index contributed by atoms with van der Waals surface area (Å²) in [4.78, 5) is 24.8. The van der Waals surface area contributed by atoms with Gasteiger partial charge in [-0.15, -0.1) is 0 Å². The SMILES string of the molecule is CC(C)n1c(=O)n(CC(=O)C(C)(C)C)c2cc(F)c(F)cc21. The van der Waals surface area contributed by atoms with Crippen LogP contribution in [-0.4, -0.2) is 14.9 Å². The van der Waals surface area contributed by atoms with E-state index in [0.717, 1.165) is 12.1 Å². The largest absolute Gasteiger partial charge is 0.329 e. The van der Waals surface area contributed by atoms with Gasteiger partial charge in [-0.2, -0.15) is 0 Å². The number of halogens is 2. The molecule has 0 saturated carbocycles. The third kappa shape index (κ3) is 2.69. The first-order valence-electron chi connectivity index (χ1n) is 7.17. The van der Waals surface area contributed by atoms with Gasteiger partial charge in [-0.05, 0) is 13.8 Å². The maximum atomic E-state index is 13.6. The Morgan fingerprint density at radius 3 is 2.09 bits per heavy atom. The summed E-state index contributed by atoms with van der Waals surface area (Å²) < 4.78 is 29.7. The third-order valence-electron chi connectivity index (χ3n) is 3.66. The lowest BCUT2D eigenvalue weighted by molar-refractivity contribution is -0.126. The highest BCUT2D eigenvalue weighted by molar-refractivity contribution is 5.85. The van der Waals surface area contributed by atoms with Crippen molar-refractivity contribution in [3.8, 4) is 0 Å². The van der Waals surface area contributed by atoms with Crippen molar-refractivity contribution in [1.82, 2.24) is 9.13 Å². The fraction of sp³-hybridized carbons (Fsp3) is 0.500. The van der Waals surface area contributed by atoms with Gasteiger partial charge in [-0.1, -0.05) is 20.8 Å². The Kier molecular flexibility index (Phi) is 3.98. The van der Waals surface area contributed by atoms with E-state index in [1.54, 1.807) is 34.6 Å². The van der Waals surface area contributed by atoms with E-state index in [2.05, 4.69) is 0 Å². The van der Waals surface area contributed by atoms with Crippen LogP contribution in [-0.2, 0) is 11.3 Å². The molecule has 6 heteroatoms. The number of imidazole rings is 1. The second-order valence-electron chi connectivity index (χ2n) is 6.76. The number of nitrogens with zero attached hydrogens (tertiary/aromatic N) is 2. The minimum atomic E-state index is -1.04. The monoisotopic (exact) mass is 310 g/mol. The van der Waals surface area contributed by atoms with Crippen LogP contribution in [0.15, 0.2) is 16.9 Å². The smallest absolute Gasteiger partial charge is 0.297 e. The van der Waals surface area contributed by atoms with Crippen LogP contribution in [0.3, 0.4) is 0 Å². The van der Waals surface area contributed by atoms with Crippen LogP contribution in [0.4, 0.5) is 8.78 Å². The summed E-state index contributed by atoms with van der Waals surface area (Å²) in [6.07, 6.45) is 0. The number of ketones is 1. The van der Waals surface area contributed by atoms with Gasteiger partial charge in [0.05, 0.1) is 17.6 Å². The van der Waals surface area contributed by atoms with Crippen LogP contribution < -0.4 is 5.69 Å². The van der Waals surface area contributed by atoms with Crippen LogP contribution >= 0.6 is 0 Å². The molecule has 2 rings (SSSR count). The molecule has 0 aliphatic rings. The minimum absolute atomic E-state index is 0.151. The van der Waals surface area contributed by atoms with E-state index in [1.165, 1.54) is 9.13 Å². The van der Waals surface area contributed by atoms with Gasteiger partial charge in [0.15, 0.2) is 17.4 Å². The van der Waals surface area contributed by atoms with Crippen LogP contribution in [0.5, 0.6) is 0 Å². The summed E-state index contributed by atoms with van der Waals surface area (Å²) in [6, 6.07) is 1.75. The summed E-state index contributed by atoms with van der Waals surface area (Å²) in [5.41, 5.74) is -0.534. The zero-order chi connectivity index (χ0) is 16.8. The predicted molar refractivity (Wildman–Crippen MR) is 81.0 cm³/mol. The maximum absolute atomic E-state index is 13.6. The molecule has 2 aromatic rings. The van der Waals surface area contributed by atoms with Gasteiger partial charge in [0.25, 0.3) is 0 Å². The molecule has 1 aromatic heterocycles. The van der Waals surface area contributed by atoms with Crippen LogP contribution in [0.25, 0.3) is 11.0 Å². The summed E-state index contributed by atoms with van der Waals surface area (Å²) >= 11 is 0. The van der Waals surface area contributed by atoms with Gasteiger partial charge >= 0.3 is 5.69 Å². The van der Waals surface area contributed by atoms with Gasteiger partial charge in [0.1, 0.15) is 0 Å². The first kappa shape index (κ1) is 16.4. The zero-order valence-electron chi connectivity index (χ0n) is 13.4. The Balaban J connectivity index is 2.74. The number of hydrogen-bond donors (Lipinski definition) is 0. The number of carbonyl (C=O) groups is 1. The number of Topliss-reactive ketones (excluding diaryl/α,β-unsaturated/α-hetero) is 1. The lowest BCUT2D eigenvalue weighted by atomic mass is 9.91. The summed E-state index contributed by atoms with van der Waals surface area (Å²) in [6.45, 7) is 8.65. The average Bonchev–Trinajstić information content (AvgIpc) is 2.62. The highest BCUT2D eigenvalue weighted by Crippen LogP contribution is 2.22. The van der Waals surface area contributed by atoms with E-state index in [9.17, 15) is 18.4 Å². The summed E-state index contributed by atoms with van der Waals surface area (Å²) in [5.74, 6) is -2.20. The Morgan fingerprint density at radius 1 is 1.14 bits per heavy atom. The third-order valence-corrected chi connectivity index (χ3v) is 3.66. The molecule has 120 valence electrons. The van der Waals surface area contributed by atoms with Crippen molar-refractivity contribution in [2.24, 2.45) is 5.41 Å². The van der Waals surface area contributed by atoms with Crippen LogP contribution in [0.1, 0.15) is 40.7 Å². The van der Waals surface area contributed by atoms with Crippen LogP contribution in [0, 0.1) is 17.0 Å². The van der Waals surface area contributed by atoms with Gasteiger partial charge in [0.2, 0.25) is 0 Å². The Bertz CT molecular complexity index is 795. The molecule has 0 spiro atoms. The van der Waals surface area contributed by atoms with Gasteiger partial charge in [-0.25, -0.2) is 13.6 Å². The van der Waals surface area contributed by atoms with E-state index in [0.29, 0.717) is 5.52 Å². The van der Waals surface area contributed by atoms with E-state index in [1.807, 2.05) is 0 Å². The summed E-state index contributed by atoms with van der Waals surface area (Å²) in [5, 5.41) is 0. The quantitative estimate of drug-likeness (QED) is 0.873. The Labute approximate surface area is 127 Å². The van der Waals surface area contributed by atoms with E-state index in [-0.39, 0.29) is 23.9 Å². The second-order valence-corrected chi connectivity index (χ2v) is 6.76. The molecule has 1 aromatic carbocycles. The number of aromatic nitrogens is 2. The maximum Gasteiger partial charge on any atom is 0.329 e. The molecule has 0 amide bonds. The van der Waals surface area contributed by atoms with Crippen molar-refractivity contribution in [1.29, 1.82) is 0 Å². The molecule has 0 fully saturated rings. The minimum Gasteiger partial charge on any atom is -0.297 e. The predicted octanol–water partition coefficient (Wildman–Crippen LogP) is 3.28. The van der Waals surface area contributed by atoms with Crippen molar-refractivity contribution in [3.05, 3.63) is 34.3 Å². The zero-order valence-corrected chi connectivity index (χ0v) is 13.4. The lowest BCUT2D eigenvalue weighted by Gasteiger charge is -2.16. The molecule has 0 saturated heterocycles. The Morgan fingerprint density at radius 2 is 1.64 bits per heavy atom. The molecule has 0 atom stereocenters. The fourth-order valence-electron chi connectivity index (χ4n) is 2.30. The molecule has 1 heterocycles. The molecule has 0 radical (unpaired) electrons. The molecule has 0 aliphatic heterocycles.